The standard InChI is InChI=1S/C20H17Br2N3O/c21-17-10-15(11-18(22)20(17)26)19-8-9-25(24-23-19)12-14-6-3-5-13-4-1-2-7-16(13)14/h1-11,19,23-24,26H,12H2. The summed E-state index contributed by atoms with van der Waals surface area (Å²) < 4.78 is 1.32. The molecule has 1 aliphatic heterocycles. The molecule has 0 aliphatic carbocycles. The molecule has 3 N–H and O–H groups in total. The minimum atomic E-state index is 0.00645. The number of benzene rings is 3. The van der Waals surface area contributed by atoms with Gasteiger partial charge >= 0.3 is 0 Å². The minimum absolute atomic E-state index is 0.00645. The Bertz CT molecular complexity index is 961. The Morgan fingerprint density at radius 1 is 1.00 bits per heavy atom. The first-order chi connectivity index (χ1) is 12.6. The number of halogens is 2. The molecule has 4 nitrogen and oxygen atoms in total. The molecular formula is C20H17Br2N3O. The van der Waals surface area contributed by atoms with Gasteiger partial charge in [-0.25, -0.2) is 5.43 Å². The Morgan fingerprint density at radius 2 is 1.73 bits per heavy atom. The number of phenolic OH excluding ortho intramolecular Hbond substituents is 1. The fraction of sp³-hybridized carbons (Fsp3) is 0.100. The van der Waals surface area contributed by atoms with Crippen molar-refractivity contribution in [3.63, 3.8) is 0 Å². The van der Waals surface area contributed by atoms with Crippen molar-refractivity contribution in [1.82, 2.24) is 16.0 Å². The largest absolute Gasteiger partial charge is 0.506 e. The van der Waals surface area contributed by atoms with E-state index in [4.69, 9.17) is 0 Å². The Morgan fingerprint density at radius 3 is 2.46 bits per heavy atom. The fourth-order valence-electron chi connectivity index (χ4n) is 3.09. The van der Waals surface area contributed by atoms with Crippen molar-refractivity contribution in [1.29, 1.82) is 0 Å². The van der Waals surface area contributed by atoms with Crippen LogP contribution < -0.4 is 11.0 Å². The maximum atomic E-state index is 9.87. The lowest BCUT2D eigenvalue weighted by atomic mass is 10.0. The van der Waals surface area contributed by atoms with Gasteiger partial charge in [0.2, 0.25) is 0 Å². The van der Waals surface area contributed by atoms with Gasteiger partial charge in [-0.1, -0.05) is 42.5 Å². The SMILES string of the molecule is Oc1c(Br)cc(C2C=CN(Cc3cccc4ccccc34)NN2)cc1Br. The summed E-state index contributed by atoms with van der Waals surface area (Å²) in [5, 5.41) is 14.4. The van der Waals surface area contributed by atoms with Crippen LogP contribution in [0.3, 0.4) is 0 Å². The van der Waals surface area contributed by atoms with Gasteiger partial charge in [-0.2, -0.15) is 5.53 Å². The van der Waals surface area contributed by atoms with E-state index in [1.165, 1.54) is 16.3 Å². The number of nitrogens with zero attached hydrogens (tertiary/aromatic N) is 1. The molecule has 0 amide bonds. The van der Waals surface area contributed by atoms with Crippen molar-refractivity contribution >= 4 is 42.6 Å². The molecule has 132 valence electrons. The number of rotatable bonds is 3. The van der Waals surface area contributed by atoms with Crippen molar-refractivity contribution in [2.24, 2.45) is 0 Å². The van der Waals surface area contributed by atoms with Crippen molar-refractivity contribution in [2.75, 3.05) is 0 Å². The second-order valence-electron chi connectivity index (χ2n) is 6.17. The molecule has 26 heavy (non-hydrogen) atoms. The highest BCUT2D eigenvalue weighted by molar-refractivity contribution is 9.11. The maximum absolute atomic E-state index is 9.87. The van der Waals surface area contributed by atoms with Gasteiger partial charge < -0.3 is 5.11 Å². The van der Waals surface area contributed by atoms with E-state index < -0.39 is 0 Å². The summed E-state index contributed by atoms with van der Waals surface area (Å²) in [4.78, 5) is 0. The monoisotopic (exact) mass is 473 g/mol. The van der Waals surface area contributed by atoms with Crippen LogP contribution in [0.15, 0.2) is 75.8 Å². The van der Waals surface area contributed by atoms with Crippen LogP contribution in [0, 0.1) is 0 Å². The number of nitrogens with one attached hydrogen (secondary N) is 2. The van der Waals surface area contributed by atoms with E-state index >= 15 is 0 Å². The molecule has 0 spiro atoms. The molecule has 1 heterocycles. The van der Waals surface area contributed by atoms with Crippen LogP contribution in [0.4, 0.5) is 0 Å². The van der Waals surface area contributed by atoms with Crippen LogP contribution in [0.1, 0.15) is 17.2 Å². The zero-order chi connectivity index (χ0) is 18.1. The molecule has 1 aliphatic rings. The van der Waals surface area contributed by atoms with Crippen molar-refractivity contribution in [2.45, 2.75) is 12.6 Å². The summed E-state index contributed by atoms with van der Waals surface area (Å²) in [6, 6.07) is 18.6. The zero-order valence-electron chi connectivity index (χ0n) is 13.8. The predicted octanol–water partition coefficient (Wildman–Crippen LogP) is 5.15. The molecule has 4 rings (SSSR count). The van der Waals surface area contributed by atoms with Gasteiger partial charge in [0, 0.05) is 6.20 Å². The highest BCUT2D eigenvalue weighted by Crippen LogP contribution is 2.35. The maximum Gasteiger partial charge on any atom is 0.143 e. The van der Waals surface area contributed by atoms with Crippen LogP contribution in [-0.4, -0.2) is 10.1 Å². The summed E-state index contributed by atoms with van der Waals surface area (Å²) in [5.74, 6) is 0.207. The minimum Gasteiger partial charge on any atom is -0.506 e. The third kappa shape index (κ3) is 3.50. The topological polar surface area (TPSA) is 47.5 Å². The molecule has 3 aromatic carbocycles. The van der Waals surface area contributed by atoms with E-state index in [0.29, 0.717) is 8.95 Å². The van der Waals surface area contributed by atoms with E-state index in [9.17, 15) is 5.11 Å². The van der Waals surface area contributed by atoms with Crippen LogP contribution >= 0.6 is 31.9 Å². The summed E-state index contributed by atoms with van der Waals surface area (Å²) in [5.41, 5.74) is 8.83. The third-order valence-electron chi connectivity index (χ3n) is 4.44. The van der Waals surface area contributed by atoms with Crippen LogP contribution in [0.2, 0.25) is 0 Å². The molecule has 0 fully saturated rings. The van der Waals surface area contributed by atoms with Crippen LogP contribution in [0.5, 0.6) is 5.75 Å². The Labute approximate surface area is 168 Å². The van der Waals surface area contributed by atoms with Gasteiger partial charge in [0.05, 0.1) is 21.5 Å². The second-order valence-corrected chi connectivity index (χ2v) is 7.88. The van der Waals surface area contributed by atoms with Gasteiger partial charge in [-0.3, -0.25) is 5.01 Å². The lowest BCUT2D eigenvalue weighted by Crippen LogP contribution is -2.47. The van der Waals surface area contributed by atoms with E-state index in [1.807, 2.05) is 23.3 Å². The predicted molar refractivity (Wildman–Crippen MR) is 111 cm³/mol. The van der Waals surface area contributed by atoms with Crippen LogP contribution in [0.25, 0.3) is 10.8 Å². The normalized spacial score (nSPS) is 17.0. The average molecular weight is 475 g/mol. The van der Waals surface area contributed by atoms with Gasteiger partial charge in [-0.15, -0.1) is 0 Å². The van der Waals surface area contributed by atoms with Gasteiger partial charge in [-0.05, 0) is 72.0 Å². The lowest BCUT2D eigenvalue weighted by Gasteiger charge is -2.30. The van der Waals surface area contributed by atoms with Gasteiger partial charge in [0.1, 0.15) is 5.75 Å². The molecule has 0 bridgehead atoms. The van der Waals surface area contributed by atoms with Gasteiger partial charge in [0.25, 0.3) is 0 Å². The van der Waals surface area contributed by atoms with Gasteiger partial charge in [0.15, 0.2) is 0 Å². The molecule has 1 unspecified atom stereocenters. The Balaban J connectivity index is 1.53. The number of hydrogen-bond acceptors (Lipinski definition) is 4. The van der Waals surface area contributed by atoms with Crippen molar-refractivity contribution in [3.05, 3.63) is 86.9 Å². The molecule has 0 radical (unpaired) electrons. The van der Waals surface area contributed by atoms with Crippen molar-refractivity contribution in [3.8, 4) is 5.75 Å². The summed E-state index contributed by atoms with van der Waals surface area (Å²) in [6.45, 7) is 0.751. The third-order valence-corrected chi connectivity index (χ3v) is 5.65. The molecule has 1 atom stereocenters. The van der Waals surface area contributed by atoms with E-state index in [-0.39, 0.29) is 11.8 Å². The summed E-state index contributed by atoms with van der Waals surface area (Å²) in [7, 11) is 0. The van der Waals surface area contributed by atoms with E-state index in [0.717, 1.165) is 12.1 Å². The first-order valence-corrected chi connectivity index (χ1v) is 9.81. The molecular weight excluding hydrogens is 458 g/mol. The highest BCUT2D eigenvalue weighted by Gasteiger charge is 2.17. The highest BCUT2D eigenvalue weighted by atomic mass is 79.9. The van der Waals surface area contributed by atoms with Crippen molar-refractivity contribution < 1.29 is 5.11 Å². The average Bonchev–Trinajstić information content (AvgIpc) is 2.67. The summed E-state index contributed by atoms with van der Waals surface area (Å²) in [6.07, 6.45) is 4.13. The summed E-state index contributed by atoms with van der Waals surface area (Å²) >= 11 is 6.76. The number of hydrogen-bond donors (Lipinski definition) is 3. The Kier molecular flexibility index (Phi) is 5.00. The van der Waals surface area contributed by atoms with E-state index in [1.54, 1.807) is 0 Å². The molecule has 3 aromatic rings. The first kappa shape index (κ1) is 17.5. The molecule has 0 aromatic heterocycles. The smallest absolute Gasteiger partial charge is 0.143 e. The molecule has 0 saturated carbocycles. The molecule has 0 saturated heterocycles. The fourth-order valence-corrected chi connectivity index (χ4v) is 4.31. The van der Waals surface area contributed by atoms with E-state index in [2.05, 4.69) is 91.4 Å². The number of aromatic hydroxyl groups is 1. The first-order valence-electron chi connectivity index (χ1n) is 8.22. The Hall–Kier alpha value is -1.86. The number of fused-ring (bicyclic) bond motifs is 1. The lowest BCUT2D eigenvalue weighted by molar-refractivity contribution is 0.186. The molecule has 6 heteroatoms. The number of hydrazine groups is 2. The van der Waals surface area contributed by atoms with Crippen LogP contribution in [-0.2, 0) is 6.54 Å². The number of phenols is 1. The second kappa shape index (κ2) is 7.40. The quantitative estimate of drug-likeness (QED) is 0.491. The zero-order valence-corrected chi connectivity index (χ0v) is 17.0.